The van der Waals surface area contributed by atoms with Crippen molar-refractivity contribution in [1.29, 1.82) is 0 Å². The molecule has 0 fully saturated rings. The molecule has 2 aromatic rings. The summed E-state index contributed by atoms with van der Waals surface area (Å²) >= 11 is 1.66. The molecule has 1 atom stereocenters. The van der Waals surface area contributed by atoms with Crippen molar-refractivity contribution in [2.24, 2.45) is 5.73 Å². The van der Waals surface area contributed by atoms with Crippen LogP contribution in [0.25, 0.3) is 0 Å². The summed E-state index contributed by atoms with van der Waals surface area (Å²) in [5.74, 6) is 0.0327. The first-order chi connectivity index (χ1) is 10.7. The Morgan fingerprint density at radius 1 is 1.26 bits per heavy atom. The highest BCUT2D eigenvalue weighted by atomic mass is 35.5. The van der Waals surface area contributed by atoms with Gasteiger partial charge in [-0.1, -0.05) is 36.4 Å². The third-order valence-electron chi connectivity index (χ3n) is 3.41. The molecular weight excluding hydrogens is 330 g/mol. The smallest absolute Gasteiger partial charge is 0.234 e. The summed E-state index contributed by atoms with van der Waals surface area (Å²) < 4.78 is 0. The molecule has 1 amide bonds. The molecule has 0 saturated carbocycles. The lowest BCUT2D eigenvalue weighted by molar-refractivity contribution is -0.123. The van der Waals surface area contributed by atoms with E-state index in [0.29, 0.717) is 19.6 Å². The highest BCUT2D eigenvalue weighted by molar-refractivity contribution is 7.10. The molecule has 0 radical (unpaired) electrons. The first kappa shape index (κ1) is 19.6. The fraction of sp³-hybridized carbons (Fsp3) is 0.353. The van der Waals surface area contributed by atoms with E-state index in [1.165, 1.54) is 10.4 Å². The summed E-state index contributed by atoms with van der Waals surface area (Å²) in [7, 11) is 0. The number of thiophene rings is 1. The summed E-state index contributed by atoms with van der Waals surface area (Å²) in [6, 6.07) is 14.2. The largest absolute Gasteiger partial charge is 0.348 e. The average molecular weight is 354 g/mol. The fourth-order valence-corrected chi connectivity index (χ4v) is 3.07. The Bertz CT molecular complexity index is 562. The molecule has 1 unspecified atom stereocenters. The molecule has 23 heavy (non-hydrogen) atoms. The number of halogens is 1. The fourth-order valence-electron chi connectivity index (χ4n) is 2.34. The van der Waals surface area contributed by atoms with Crippen LogP contribution in [-0.4, -0.2) is 30.4 Å². The van der Waals surface area contributed by atoms with Gasteiger partial charge in [-0.15, -0.1) is 23.7 Å². The van der Waals surface area contributed by atoms with Gasteiger partial charge in [-0.2, -0.15) is 0 Å². The van der Waals surface area contributed by atoms with Gasteiger partial charge in [0.05, 0.1) is 12.6 Å². The van der Waals surface area contributed by atoms with Crippen LogP contribution in [0.5, 0.6) is 0 Å². The number of hydrogen-bond acceptors (Lipinski definition) is 4. The third kappa shape index (κ3) is 6.71. The van der Waals surface area contributed by atoms with E-state index in [9.17, 15) is 4.79 Å². The van der Waals surface area contributed by atoms with E-state index in [4.69, 9.17) is 5.73 Å². The Morgan fingerprint density at radius 2 is 2.00 bits per heavy atom. The highest BCUT2D eigenvalue weighted by Crippen LogP contribution is 2.17. The normalized spacial score (nSPS) is 11.8. The van der Waals surface area contributed by atoms with Gasteiger partial charge in [0.25, 0.3) is 0 Å². The first-order valence-electron chi connectivity index (χ1n) is 7.48. The molecule has 4 nitrogen and oxygen atoms in total. The van der Waals surface area contributed by atoms with E-state index >= 15 is 0 Å². The summed E-state index contributed by atoms with van der Waals surface area (Å²) in [6.45, 7) is 4.35. The number of nitrogens with two attached hydrogens (primary N) is 1. The van der Waals surface area contributed by atoms with Crippen LogP contribution in [0.3, 0.4) is 0 Å². The molecular formula is C17H24ClN3OS. The molecule has 0 aliphatic rings. The van der Waals surface area contributed by atoms with Gasteiger partial charge in [0.1, 0.15) is 0 Å². The number of benzene rings is 1. The Morgan fingerprint density at radius 3 is 2.61 bits per heavy atom. The van der Waals surface area contributed by atoms with Gasteiger partial charge in [0.15, 0.2) is 0 Å². The summed E-state index contributed by atoms with van der Waals surface area (Å²) in [4.78, 5) is 15.5. The number of carbonyl (C=O) groups excluding carboxylic acids is 1. The zero-order valence-corrected chi connectivity index (χ0v) is 14.9. The minimum Gasteiger partial charge on any atom is -0.348 e. The SMILES string of the molecule is CC(NC(=O)CN(CCN)Cc1ccccc1)c1cccs1.Cl. The van der Waals surface area contributed by atoms with Gasteiger partial charge in [-0.05, 0) is 23.9 Å². The Balaban J connectivity index is 0.00000264. The van der Waals surface area contributed by atoms with Gasteiger partial charge in [-0.3, -0.25) is 9.69 Å². The van der Waals surface area contributed by atoms with E-state index in [0.717, 1.165) is 6.54 Å². The van der Waals surface area contributed by atoms with E-state index in [-0.39, 0.29) is 24.4 Å². The van der Waals surface area contributed by atoms with Crippen molar-refractivity contribution in [1.82, 2.24) is 10.2 Å². The van der Waals surface area contributed by atoms with Crippen molar-refractivity contribution in [2.75, 3.05) is 19.6 Å². The molecule has 0 bridgehead atoms. The van der Waals surface area contributed by atoms with Crippen LogP contribution in [-0.2, 0) is 11.3 Å². The van der Waals surface area contributed by atoms with Gasteiger partial charge in [0, 0.05) is 24.5 Å². The Kier molecular flexibility index (Phi) is 8.87. The van der Waals surface area contributed by atoms with E-state index in [2.05, 4.69) is 22.3 Å². The molecule has 126 valence electrons. The predicted octanol–water partition coefficient (Wildman–Crippen LogP) is 2.81. The van der Waals surface area contributed by atoms with Crippen LogP contribution in [0.1, 0.15) is 23.4 Å². The maximum absolute atomic E-state index is 12.2. The molecule has 1 aromatic heterocycles. The first-order valence-corrected chi connectivity index (χ1v) is 8.36. The zero-order valence-electron chi connectivity index (χ0n) is 13.3. The van der Waals surface area contributed by atoms with E-state index < -0.39 is 0 Å². The number of amides is 1. The molecule has 0 saturated heterocycles. The van der Waals surface area contributed by atoms with Gasteiger partial charge >= 0.3 is 0 Å². The second kappa shape index (κ2) is 10.4. The summed E-state index contributed by atoms with van der Waals surface area (Å²) in [5.41, 5.74) is 6.86. The number of nitrogens with one attached hydrogen (secondary N) is 1. The van der Waals surface area contributed by atoms with Gasteiger partial charge in [-0.25, -0.2) is 0 Å². The highest BCUT2D eigenvalue weighted by Gasteiger charge is 2.14. The van der Waals surface area contributed by atoms with Gasteiger partial charge < -0.3 is 11.1 Å². The molecule has 6 heteroatoms. The molecule has 0 spiro atoms. The summed E-state index contributed by atoms with van der Waals surface area (Å²) in [6.07, 6.45) is 0. The minimum absolute atomic E-state index is 0. The van der Waals surface area contributed by atoms with Crippen LogP contribution in [0.4, 0.5) is 0 Å². The number of nitrogens with zero attached hydrogens (tertiary/aromatic N) is 1. The monoisotopic (exact) mass is 353 g/mol. The molecule has 3 N–H and O–H groups in total. The lowest BCUT2D eigenvalue weighted by Crippen LogP contribution is -2.39. The van der Waals surface area contributed by atoms with Crippen molar-refractivity contribution in [3.05, 3.63) is 58.3 Å². The Labute approximate surface area is 148 Å². The Hall–Kier alpha value is -1.40. The zero-order chi connectivity index (χ0) is 15.8. The van der Waals surface area contributed by atoms with Crippen molar-refractivity contribution in [3.8, 4) is 0 Å². The maximum Gasteiger partial charge on any atom is 0.234 e. The third-order valence-corrected chi connectivity index (χ3v) is 4.46. The number of carbonyl (C=O) groups is 1. The molecule has 1 aromatic carbocycles. The molecule has 2 rings (SSSR count). The van der Waals surface area contributed by atoms with Crippen LogP contribution >= 0.6 is 23.7 Å². The van der Waals surface area contributed by atoms with Crippen molar-refractivity contribution in [2.45, 2.75) is 19.5 Å². The summed E-state index contributed by atoms with van der Waals surface area (Å²) in [5, 5.41) is 5.07. The van der Waals surface area contributed by atoms with E-state index in [1.54, 1.807) is 11.3 Å². The standard InChI is InChI=1S/C17H23N3OS.ClH/c1-14(16-8-5-11-22-16)19-17(21)13-20(10-9-18)12-15-6-3-2-4-7-15;/h2-8,11,14H,9-10,12-13,18H2,1H3,(H,19,21);1H. The van der Waals surface area contributed by atoms with Crippen LogP contribution in [0.2, 0.25) is 0 Å². The van der Waals surface area contributed by atoms with Gasteiger partial charge in [0.2, 0.25) is 5.91 Å². The lowest BCUT2D eigenvalue weighted by atomic mass is 10.2. The van der Waals surface area contributed by atoms with Crippen molar-refractivity contribution < 1.29 is 4.79 Å². The quantitative estimate of drug-likeness (QED) is 0.767. The van der Waals surface area contributed by atoms with E-state index in [1.807, 2.05) is 42.6 Å². The van der Waals surface area contributed by atoms with Crippen molar-refractivity contribution in [3.63, 3.8) is 0 Å². The number of hydrogen-bond donors (Lipinski definition) is 2. The second-order valence-electron chi connectivity index (χ2n) is 5.29. The van der Waals surface area contributed by atoms with Crippen molar-refractivity contribution >= 4 is 29.7 Å². The minimum atomic E-state index is 0. The second-order valence-corrected chi connectivity index (χ2v) is 6.27. The lowest BCUT2D eigenvalue weighted by Gasteiger charge is -2.22. The number of rotatable bonds is 8. The predicted molar refractivity (Wildman–Crippen MR) is 98.9 cm³/mol. The van der Waals surface area contributed by atoms with Crippen LogP contribution in [0.15, 0.2) is 47.8 Å². The maximum atomic E-state index is 12.2. The van der Waals surface area contributed by atoms with Crippen LogP contribution in [0, 0.1) is 0 Å². The molecule has 0 aliphatic heterocycles. The average Bonchev–Trinajstić information content (AvgIpc) is 3.02. The molecule has 1 heterocycles. The molecule has 0 aliphatic carbocycles. The van der Waals surface area contributed by atoms with Crippen LogP contribution < -0.4 is 11.1 Å². The topological polar surface area (TPSA) is 58.4 Å².